The van der Waals surface area contributed by atoms with Gasteiger partial charge in [-0.3, -0.25) is 0 Å². The van der Waals surface area contributed by atoms with Gasteiger partial charge in [0.05, 0.1) is 25.2 Å². The van der Waals surface area contributed by atoms with Gasteiger partial charge in [0.15, 0.2) is 0 Å². The summed E-state index contributed by atoms with van der Waals surface area (Å²) in [6.07, 6.45) is 12.2. The smallest absolute Gasteiger partial charge is 0.329 e. The Labute approximate surface area is 136 Å². The standard InChI is InChI=1S/C16H25N3O4/c20-16(21)12-22-9-4-10-23-18-15(11-19-8-7-17-13-19)14-5-2-1-3-6-14/h7-8,13-14H,1-6,9-12H2,(H,20,21). The summed E-state index contributed by atoms with van der Waals surface area (Å²) in [5, 5.41) is 12.8. The lowest BCUT2D eigenvalue weighted by Crippen LogP contribution is -2.23. The van der Waals surface area contributed by atoms with E-state index in [9.17, 15) is 4.79 Å². The Balaban J connectivity index is 1.77. The second kappa shape index (κ2) is 9.99. The van der Waals surface area contributed by atoms with Gasteiger partial charge in [-0.25, -0.2) is 9.78 Å². The highest BCUT2D eigenvalue weighted by molar-refractivity contribution is 5.86. The van der Waals surface area contributed by atoms with Crippen LogP contribution in [0, 0.1) is 5.92 Å². The third-order valence-electron chi connectivity index (χ3n) is 3.91. The number of aliphatic carboxylic acids is 1. The van der Waals surface area contributed by atoms with E-state index in [2.05, 4.69) is 10.1 Å². The number of aromatic nitrogens is 2. The second-order valence-corrected chi connectivity index (χ2v) is 5.79. The van der Waals surface area contributed by atoms with E-state index >= 15 is 0 Å². The molecule has 1 saturated carbocycles. The molecule has 1 N–H and O–H groups in total. The predicted molar refractivity (Wildman–Crippen MR) is 85.3 cm³/mol. The SMILES string of the molecule is O=C(O)COCCCON=C(Cn1ccnc1)C1CCCCC1. The Hall–Kier alpha value is -1.89. The van der Waals surface area contributed by atoms with E-state index in [-0.39, 0.29) is 6.61 Å². The van der Waals surface area contributed by atoms with Gasteiger partial charge in [-0.1, -0.05) is 24.4 Å². The largest absolute Gasteiger partial charge is 0.480 e. The summed E-state index contributed by atoms with van der Waals surface area (Å²) in [5.41, 5.74) is 1.06. The average molecular weight is 323 g/mol. The quantitative estimate of drug-likeness (QED) is 0.406. The van der Waals surface area contributed by atoms with E-state index < -0.39 is 5.97 Å². The Morgan fingerprint density at radius 2 is 2.13 bits per heavy atom. The molecule has 0 bridgehead atoms. The molecular weight excluding hydrogens is 298 g/mol. The lowest BCUT2D eigenvalue weighted by Gasteiger charge is -2.23. The van der Waals surface area contributed by atoms with Crippen LogP contribution in [0.5, 0.6) is 0 Å². The van der Waals surface area contributed by atoms with Crippen molar-refractivity contribution in [1.82, 2.24) is 9.55 Å². The van der Waals surface area contributed by atoms with E-state index in [4.69, 9.17) is 14.7 Å². The van der Waals surface area contributed by atoms with Crippen molar-refractivity contribution in [2.75, 3.05) is 19.8 Å². The molecule has 1 aliphatic carbocycles. The number of hydrogen-bond acceptors (Lipinski definition) is 5. The maximum Gasteiger partial charge on any atom is 0.329 e. The molecule has 7 heteroatoms. The highest BCUT2D eigenvalue weighted by atomic mass is 16.6. The van der Waals surface area contributed by atoms with E-state index in [1.54, 1.807) is 12.5 Å². The van der Waals surface area contributed by atoms with Crippen molar-refractivity contribution in [3.63, 3.8) is 0 Å². The van der Waals surface area contributed by atoms with Crippen molar-refractivity contribution in [2.45, 2.75) is 45.1 Å². The van der Waals surface area contributed by atoms with Crippen LogP contribution in [0.2, 0.25) is 0 Å². The zero-order valence-electron chi connectivity index (χ0n) is 13.4. The molecule has 0 aliphatic heterocycles. The number of nitrogens with zero attached hydrogens (tertiary/aromatic N) is 3. The predicted octanol–water partition coefficient (Wildman–Crippen LogP) is 2.33. The Morgan fingerprint density at radius 3 is 2.83 bits per heavy atom. The van der Waals surface area contributed by atoms with Crippen LogP contribution in [0.15, 0.2) is 23.9 Å². The average Bonchev–Trinajstić information content (AvgIpc) is 3.06. The minimum absolute atomic E-state index is 0.267. The van der Waals surface area contributed by atoms with Gasteiger partial charge in [0.2, 0.25) is 0 Å². The van der Waals surface area contributed by atoms with Crippen LogP contribution < -0.4 is 0 Å². The zero-order chi connectivity index (χ0) is 16.3. The van der Waals surface area contributed by atoms with Crippen LogP contribution in [-0.2, 0) is 20.9 Å². The fourth-order valence-electron chi connectivity index (χ4n) is 2.75. The van der Waals surface area contributed by atoms with E-state index in [1.807, 2.05) is 10.8 Å². The van der Waals surface area contributed by atoms with Crippen molar-refractivity contribution in [3.05, 3.63) is 18.7 Å². The second-order valence-electron chi connectivity index (χ2n) is 5.79. The van der Waals surface area contributed by atoms with Crippen LogP contribution >= 0.6 is 0 Å². The number of ether oxygens (including phenoxy) is 1. The number of imidazole rings is 1. The Bertz CT molecular complexity index is 482. The van der Waals surface area contributed by atoms with Gasteiger partial charge in [-0.05, 0) is 12.8 Å². The normalized spacial score (nSPS) is 16.4. The summed E-state index contributed by atoms with van der Waals surface area (Å²) < 4.78 is 6.97. The number of carboxylic acids is 1. The first kappa shape index (κ1) is 17.5. The molecule has 1 aromatic rings. The molecule has 1 fully saturated rings. The number of oxime groups is 1. The Morgan fingerprint density at radius 1 is 1.30 bits per heavy atom. The summed E-state index contributed by atoms with van der Waals surface area (Å²) >= 11 is 0. The Kier molecular flexibility index (Phi) is 7.59. The molecule has 0 atom stereocenters. The van der Waals surface area contributed by atoms with Crippen molar-refractivity contribution < 1.29 is 19.5 Å². The van der Waals surface area contributed by atoms with Gasteiger partial charge in [0, 0.05) is 24.7 Å². The van der Waals surface area contributed by atoms with Gasteiger partial charge >= 0.3 is 5.97 Å². The van der Waals surface area contributed by atoms with Gasteiger partial charge in [-0.2, -0.15) is 0 Å². The summed E-state index contributed by atoms with van der Waals surface area (Å²) in [7, 11) is 0. The molecule has 128 valence electrons. The first-order valence-electron chi connectivity index (χ1n) is 8.19. The molecule has 1 heterocycles. The monoisotopic (exact) mass is 323 g/mol. The van der Waals surface area contributed by atoms with E-state index in [0.717, 1.165) is 5.71 Å². The van der Waals surface area contributed by atoms with Gasteiger partial charge in [0.25, 0.3) is 0 Å². The first-order valence-corrected chi connectivity index (χ1v) is 8.19. The minimum Gasteiger partial charge on any atom is -0.480 e. The van der Waals surface area contributed by atoms with Crippen molar-refractivity contribution in [2.24, 2.45) is 11.1 Å². The lowest BCUT2D eigenvalue weighted by molar-refractivity contribution is -0.142. The third-order valence-corrected chi connectivity index (χ3v) is 3.91. The van der Waals surface area contributed by atoms with Crippen LogP contribution in [0.3, 0.4) is 0 Å². The van der Waals surface area contributed by atoms with Gasteiger partial charge < -0.3 is 19.2 Å². The number of carbonyl (C=O) groups is 1. The topological polar surface area (TPSA) is 85.9 Å². The fraction of sp³-hybridized carbons (Fsp3) is 0.688. The summed E-state index contributed by atoms with van der Waals surface area (Å²) in [5.74, 6) is -0.474. The molecule has 2 rings (SSSR count). The number of carboxylic acid groups (broad SMARTS) is 1. The number of hydrogen-bond donors (Lipinski definition) is 1. The van der Waals surface area contributed by atoms with Crippen LogP contribution in [-0.4, -0.2) is 46.2 Å². The molecule has 0 saturated heterocycles. The molecule has 0 radical (unpaired) electrons. The summed E-state index contributed by atoms with van der Waals surface area (Å²) in [4.78, 5) is 19.8. The molecule has 0 unspecified atom stereocenters. The van der Waals surface area contributed by atoms with E-state index in [0.29, 0.717) is 32.1 Å². The molecule has 7 nitrogen and oxygen atoms in total. The lowest BCUT2D eigenvalue weighted by atomic mass is 9.86. The van der Waals surface area contributed by atoms with Crippen LogP contribution in [0.4, 0.5) is 0 Å². The third kappa shape index (κ3) is 6.81. The minimum atomic E-state index is -0.955. The maximum atomic E-state index is 10.3. The summed E-state index contributed by atoms with van der Waals surface area (Å²) in [6.45, 7) is 1.24. The van der Waals surface area contributed by atoms with Crippen molar-refractivity contribution in [3.8, 4) is 0 Å². The van der Waals surface area contributed by atoms with Crippen molar-refractivity contribution >= 4 is 11.7 Å². The van der Waals surface area contributed by atoms with Crippen molar-refractivity contribution in [1.29, 1.82) is 0 Å². The molecule has 23 heavy (non-hydrogen) atoms. The zero-order valence-corrected chi connectivity index (χ0v) is 13.4. The van der Waals surface area contributed by atoms with E-state index in [1.165, 1.54) is 32.1 Å². The van der Waals surface area contributed by atoms with Gasteiger partial charge in [0.1, 0.15) is 13.2 Å². The molecule has 1 aromatic heterocycles. The highest BCUT2D eigenvalue weighted by Crippen LogP contribution is 2.25. The number of rotatable bonds is 10. The maximum absolute atomic E-state index is 10.3. The molecule has 0 aromatic carbocycles. The molecule has 1 aliphatic rings. The highest BCUT2D eigenvalue weighted by Gasteiger charge is 2.20. The summed E-state index contributed by atoms with van der Waals surface area (Å²) in [6, 6.07) is 0. The fourth-order valence-corrected chi connectivity index (χ4v) is 2.75. The van der Waals surface area contributed by atoms with Crippen LogP contribution in [0.25, 0.3) is 0 Å². The molecule has 0 spiro atoms. The molecular formula is C16H25N3O4. The first-order chi connectivity index (χ1) is 11.3. The van der Waals surface area contributed by atoms with Crippen LogP contribution in [0.1, 0.15) is 38.5 Å². The molecule has 0 amide bonds. The van der Waals surface area contributed by atoms with Gasteiger partial charge in [-0.15, -0.1) is 0 Å².